The molecule has 3 heterocycles. The van der Waals surface area contributed by atoms with Crippen LogP contribution in [0.3, 0.4) is 0 Å². The van der Waals surface area contributed by atoms with Crippen LogP contribution in [0.15, 0.2) is 29.8 Å². The number of likely N-dealkylation sites (N-methyl/N-ethyl adjacent to an activating group) is 1. The number of nitrogens with zero attached hydrogens (tertiary/aromatic N) is 4. The van der Waals surface area contributed by atoms with Gasteiger partial charge in [-0.3, -0.25) is 4.79 Å². The second-order valence-corrected chi connectivity index (χ2v) is 6.19. The standard InChI is InChI=1S/C16H19N5O2S/c1-3-20(6-7-23-2)16(22)11-9-12(17)15-18-14(19-21(15)10-11)13-5-4-8-24-13/h4-5,8-10H,3,6-7,17H2,1-2H3. The average molecular weight is 345 g/mol. The Morgan fingerprint density at radius 1 is 1.50 bits per heavy atom. The van der Waals surface area contributed by atoms with Crippen molar-refractivity contribution in [3.05, 3.63) is 35.3 Å². The van der Waals surface area contributed by atoms with E-state index >= 15 is 0 Å². The normalized spacial score (nSPS) is 11.1. The summed E-state index contributed by atoms with van der Waals surface area (Å²) in [7, 11) is 1.61. The van der Waals surface area contributed by atoms with E-state index in [-0.39, 0.29) is 5.91 Å². The number of pyridine rings is 1. The summed E-state index contributed by atoms with van der Waals surface area (Å²) in [5, 5.41) is 6.41. The predicted octanol–water partition coefficient (Wildman–Crippen LogP) is 2.15. The third-order valence-corrected chi connectivity index (χ3v) is 4.55. The first-order valence-corrected chi connectivity index (χ1v) is 8.50. The molecule has 0 radical (unpaired) electrons. The second kappa shape index (κ2) is 6.98. The maximum atomic E-state index is 12.7. The Bertz CT molecular complexity index is 844. The molecule has 0 saturated carbocycles. The van der Waals surface area contributed by atoms with Crippen molar-refractivity contribution in [3.63, 3.8) is 0 Å². The highest BCUT2D eigenvalue weighted by Crippen LogP contribution is 2.24. The summed E-state index contributed by atoms with van der Waals surface area (Å²) >= 11 is 1.56. The molecule has 8 heteroatoms. The minimum absolute atomic E-state index is 0.101. The van der Waals surface area contributed by atoms with Gasteiger partial charge >= 0.3 is 0 Å². The van der Waals surface area contributed by atoms with Crippen molar-refractivity contribution < 1.29 is 9.53 Å². The Hall–Kier alpha value is -2.45. The summed E-state index contributed by atoms with van der Waals surface area (Å²) in [6.45, 7) is 3.54. The quantitative estimate of drug-likeness (QED) is 0.740. The topological polar surface area (TPSA) is 85.8 Å². The molecule has 0 fully saturated rings. The number of fused-ring (bicyclic) bond motifs is 1. The molecule has 3 rings (SSSR count). The fourth-order valence-electron chi connectivity index (χ4n) is 2.43. The van der Waals surface area contributed by atoms with Gasteiger partial charge in [-0.05, 0) is 24.4 Å². The molecule has 0 atom stereocenters. The van der Waals surface area contributed by atoms with Gasteiger partial charge in [0.15, 0.2) is 11.5 Å². The molecule has 3 aromatic heterocycles. The van der Waals surface area contributed by atoms with Crippen molar-refractivity contribution >= 4 is 28.6 Å². The van der Waals surface area contributed by atoms with Crippen molar-refractivity contribution in [2.24, 2.45) is 0 Å². The highest BCUT2D eigenvalue weighted by molar-refractivity contribution is 7.13. The average Bonchev–Trinajstić information content (AvgIpc) is 3.24. The van der Waals surface area contributed by atoms with E-state index in [2.05, 4.69) is 10.1 Å². The van der Waals surface area contributed by atoms with Gasteiger partial charge in [0.05, 0.1) is 22.7 Å². The predicted molar refractivity (Wildman–Crippen MR) is 94.2 cm³/mol. The number of nitrogens with two attached hydrogens (primary N) is 1. The fraction of sp³-hybridized carbons (Fsp3) is 0.312. The van der Waals surface area contributed by atoms with E-state index in [0.717, 1.165) is 4.88 Å². The lowest BCUT2D eigenvalue weighted by molar-refractivity contribution is 0.0706. The van der Waals surface area contributed by atoms with Crippen LogP contribution in [-0.4, -0.2) is 52.2 Å². The monoisotopic (exact) mass is 345 g/mol. The molecule has 24 heavy (non-hydrogen) atoms. The van der Waals surface area contributed by atoms with Gasteiger partial charge in [-0.25, -0.2) is 9.50 Å². The van der Waals surface area contributed by atoms with Crippen molar-refractivity contribution in [3.8, 4) is 10.7 Å². The van der Waals surface area contributed by atoms with Crippen LogP contribution in [0.1, 0.15) is 17.3 Å². The lowest BCUT2D eigenvalue weighted by atomic mass is 10.2. The number of hydrogen-bond donors (Lipinski definition) is 1. The van der Waals surface area contributed by atoms with E-state index in [1.165, 1.54) is 0 Å². The maximum absolute atomic E-state index is 12.7. The van der Waals surface area contributed by atoms with Gasteiger partial charge in [-0.2, -0.15) is 0 Å². The summed E-state index contributed by atoms with van der Waals surface area (Å²) in [6, 6.07) is 5.55. The largest absolute Gasteiger partial charge is 0.396 e. The molecule has 0 unspecified atom stereocenters. The van der Waals surface area contributed by atoms with E-state index in [1.807, 2.05) is 24.4 Å². The number of carbonyl (C=O) groups is 1. The van der Waals surface area contributed by atoms with Crippen LogP contribution in [0.4, 0.5) is 5.69 Å². The minimum atomic E-state index is -0.101. The number of nitrogen functional groups attached to an aromatic ring is 1. The second-order valence-electron chi connectivity index (χ2n) is 5.24. The third-order valence-electron chi connectivity index (χ3n) is 3.68. The number of aromatic nitrogens is 3. The van der Waals surface area contributed by atoms with Crippen LogP contribution in [0, 0.1) is 0 Å². The Morgan fingerprint density at radius 2 is 2.33 bits per heavy atom. The van der Waals surface area contributed by atoms with Crippen molar-refractivity contribution in [1.29, 1.82) is 0 Å². The summed E-state index contributed by atoms with van der Waals surface area (Å²) < 4.78 is 6.63. The van der Waals surface area contributed by atoms with Crippen molar-refractivity contribution in [1.82, 2.24) is 19.5 Å². The Labute approximate surface area is 143 Å². The lowest BCUT2D eigenvalue weighted by Crippen LogP contribution is -2.33. The van der Waals surface area contributed by atoms with Crippen LogP contribution in [0.2, 0.25) is 0 Å². The summed E-state index contributed by atoms with van der Waals surface area (Å²) in [4.78, 5) is 19.8. The van der Waals surface area contributed by atoms with Crippen LogP contribution in [0.5, 0.6) is 0 Å². The molecule has 0 aromatic carbocycles. The highest BCUT2D eigenvalue weighted by atomic mass is 32.1. The Morgan fingerprint density at radius 3 is 3.00 bits per heavy atom. The number of amides is 1. The van der Waals surface area contributed by atoms with Crippen LogP contribution in [-0.2, 0) is 4.74 Å². The van der Waals surface area contributed by atoms with Gasteiger partial charge in [0.1, 0.15) is 0 Å². The molecular formula is C16H19N5O2S. The summed E-state index contributed by atoms with van der Waals surface area (Å²) in [6.07, 6.45) is 1.67. The first kappa shape index (κ1) is 16.4. The van der Waals surface area contributed by atoms with Crippen LogP contribution < -0.4 is 5.73 Å². The first-order chi connectivity index (χ1) is 11.6. The van der Waals surface area contributed by atoms with Crippen molar-refractivity contribution in [2.75, 3.05) is 32.5 Å². The van der Waals surface area contributed by atoms with Gasteiger partial charge in [-0.15, -0.1) is 16.4 Å². The number of carbonyl (C=O) groups excluding carboxylic acids is 1. The zero-order valence-corrected chi connectivity index (χ0v) is 14.4. The number of methoxy groups -OCH3 is 1. The number of rotatable bonds is 6. The molecule has 126 valence electrons. The molecule has 0 aliphatic heterocycles. The molecule has 3 aromatic rings. The van der Waals surface area contributed by atoms with Gasteiger partial charge in [0, 0.05) is 26.4 Å². The first-order valence-electron chi connectivity index (χ1n) is 7.62. The Kier molecular flexibility index (Phi) is 4.77. The van der Waals surface area contributed by atoms with E-state index in [0.29, 0.717) is 42.4 Å². The van der Waals surface area contributed by atoms with Crippen molar-refractivity contribution in [2.45, 2.75) is 6.92 Å². The van der Waals surface area contributed by atoms with Gasteiger partial charge in [-0.1, -0.05) is 6.07 Å². The number of thiophene rings is 1. The molecule has 1 amide bonds. The van der Waals surface area contributed by atoms with E-state index in [4.69, 9.17) is 10.5 Å². The maximum Gasteiger partial charge on any atom is 0.255 e. The summed E-state index contributed by atoms with van der Waals surface area (Å²) in [5.74, 6) is 0.504. The van der Waals surface area contributed by atoms with E-state index < -0.39 is 0 Å². The van der Waals surface area contributed by atoms with E-state index in [9.17, 15) is 4.79 Å². The van der Waals surface area contributed by atoms with Crippen LogP contribution in [0.25, 0.3) is 16.3 Å². The fourth-order valence-corrected chi connectivity index (χ4v) is 3.08. The van der Waals surface area contributed by atoms with Gasteiger partial charge in [0.2, 0.25) is 0 Å². The zero-order chi connectivity index (χ0) is 17.1. The van der Waals surface area contributed by atoms with Gasteiger partial charge in [0.25, 0.3) is 5.91 Å². The molecule has 0 saturated heterocycles. The van der Waals surface area contributed by atoms with E-state index in [1.54, 1.807) is 40.1 Å². The number of anilines is 1. The number of ether oxygens (including phenoxy) is 1. The number of hydrogen-bond acceptors (Lipinski definition) is 6. The zero-order valence-electron chi connectivity index (χ0n) is 13.6. The minimum Gasteiger partial charge on any atom is -0.396 e. The Balaban J connectivity index is 1.96. The van der Waals surface area contributed by atoms with Gasteiger partial charge < -0.3 is 15.4 Å². The molecule has 2 N–H and O–H groups in total. The molecule has 0 bridgehead atoms. The highest BCUT2D eigenvalue weighted by Gasteiger charge is 2.18. The smallest absolute Gasteiger partial charge is 0.255 e. The molecule has 0 aliphatic rings. The SMILES string of the molecule is CCN(CCOC)C(=O)c1cc(N)c2nc(-c3cccs3)nn2c1. The summed E-state index contributed by atoms with van der Waals surface area (Å²) in [5.41, 5.74) is 7.55. The molecule has 7 nitrogen and oxygen atoms in total. The molecule has 0 spiro atoms. The third kappa shape index (κ3) is 3.10. The molecule has 0 aliphatic carbocycles. The lowest BCUT2D eigenvalue weighted by Gasteiger charge is -2.20. The van der Waals surface area contributed by atoms with Crippen LogP contribution >= 0.6 is 11.3 Å². The molecular weight excluding hydrogens is 326 g/mol.